The van der Waals surface area contributed by atoms with Gasteiger partial charge in [0.05, 0.1) is 12.3 Å². The molecule has 0 saturated carbocycles. The first kappa shape index (κ1) is 16.7. The first-order valence-corrected chi connectivity index (χ1v) is 8.47. The largest absolute Gasteiger partial charge is 0.508 e. The lowest BCUT2D eigenvalue weighted by molar-refractivity contribution is 0.471. The van der Waals surface area contributed by atoms with Crippen molar-refractivity contribution < 1.29 is 5.11 Å². The van der Waals surface area contributed by atoms with Crippen LogP contribution in [0.3, 0.4) is 0 Å². The van der Waals surface area contributed by atoms with Gasteiger partial charge in [-0.1, -0.05) is 12.1 Å². The zero-order valence-corrected chi connectivity index (χ0v) is 15.2. The average molecular weight is 355 g/mol. The van der Waals surface area contributed by atoms with Crippen molar-refractivity contribution in [2.45, 2.75) is 20.8 Å². The second-order valence-electron chi connectivity index (χ2n) is 6.50. The van der Waals surface area contributed by atoms with Crippen LogP contribution in [-0.2, 0) is 0 Å². The fourth-order valence-corrected chi connectivity index (χ4v) is 3.32. The highest BCUT2D eigenvalue weighted by Crippen LogP contribution is 2.39. The summed E-state index contributed by atoms with van der Waals surface area (Å²) in [6, 6.07) is 5.51. The van der Waals surface area contributed by atoms with E-state index >= 15 is 0 Å². The Morgan fingerprint density at radius 1 is 1.00 bits per heavy atom. The Morgan fingerprint density at radius 3 is 2.41 bits per heavy atom. The van der Waals surface area contributed by atoms with E-state index in [-0.39, 0.29) is 5.75 Å². The summed E-state index contributed by atoms with van der Waals surface area (Å²) in [5.41, 5.74) is 6.16. The summed E-state index contributed by atoms with van der Waals surface area (Å²) in [5, 5.41) is 10.8. The summed E-state index contributed by atoms with van der Waals surface area (Å²) in [5.74, 6) is 0.919. The Labute approximate surface area is 156 Å². The summed E-state index contributed by atoms with van der Waals surface area (Å²) in [6.07, 6.45) is 5.16. The van der Waals surface area contributed by atoms with Gasteiger partial charge in [-0.05, 0) is 43.5 Å². The van der Waals surface area contributed by atoms with E-state index in [1.54, 1.807) is 24.7 Å². The van der Waals surface area contributed by atoms with Crippen molar-refractivity contribution in [3.63, 3.8) is 0 Å². The van der Waals surface area contributed by atoms with Gasteiger partial charge < -0.3 is 10.1 Å². The van der Waals surface area contributed by atoms with Crippen LogP contribution in [0.1, 0.15) is 17.0 Å². The zero-order valence-electron chi connectivity index (χ0n) is 15.2. The molecule has 4 aromatic rings. The number of phenolic OH excluding ortho intramolecular Hbond substituents is 1. The highest BCUT2D eigenvalue weighted by atomic mass is 16.3. The fourth-order valence-electron chi connectivity index (χ4n) is 3.32. The molecule has 3 aromatic heterocycles. The molecular formula is C21H17N5O. The molecule has 6 heteroatoms. The van der Waals surface area contributed by atoms with Crippen molar-refractivity contribution in [1.82, 2.24) is 19.9 Å². The zero-order chi connectivity index (χ0) is 19.1. The standard InChI is InChI=1S/C21H17N5O/c1-11-5-6-17(27)12(2)18(11)14-7-16-20(22-4)19(26-21(16)25-8-14)15-9-23-13(3)24-10-15/h5-10,27H,1-3H3,(H,25,26). The van der Waals surface area contributed by atoms with Crippen LogP contribution in [0, 0.1) is 27.3 Å². The van der Waals surface area contributed by atoms with Gasteiger partial charge in [-0.25, -0.2) is 19.8 Å². The van der Waals surface area contributed by atoms with Crippen LogP contribution >= 0.6 is 0 Å². The molecule has 27 heavy (non-hydrogen) atoms. The number of nitrogens with one attached hydrogen (secondary N) is 1. The Bertz CT molecular complexity index is 1220. The number of nitrogens with zero attached hydrogens (tertiary/aromatic N) is 4. The van der Waals surface area contributed by atoms with E-state index in [1.165, 1.54) is 0 Å². The number of fused-ring (bicyclic) bond motifs is 1. The molecule has 0 aliphatic heterocycles. The summed E-state index contributed by atoms with van der Waals surface area (Å²) < 4.78 is 0. The van der Waals surface area contributed by atoms with Crippen LogP contribution in [0.15, 0.2) is 36.8 Å². The highest BCUT2D eigenvalue weighted by molar-refractivity contribution is 6.01. The van der Waals surface area contributed by atoms with Crippen LogP contribution in [0.4, 0.5) is 5.69 Å². The molecule has 0 saturated heterocycles. The van der Waals surface area contributed by atoms with Gasteiger partial charge in [-0.15, -0.1) is 0 Å². The van der Waals surface area contributed by atoms with Gasteiger partial charge in [0, 0.05) is 35.1 Å². The Balaban J connectivity index is 1.95. The van der Waals surface area contributed by atoms with E-state index in [9.17, 15) is 5.11 Å². The second kappa shape index (κ2) is 6.22. The van der Waals surface area contributed by atoms with E-state index in [0.717, 1.165) is 33.2 Å². The van der Waals surface area contributed by atoms with Gasteiger partial charge in [0.2, 0.25) is 5.69 Å². The van der Waals surface area contributed by atoms with Gasteiger partial charge in [0.1, 0.15) is 17.2 Å². The number of hydrogen-bond donors (Lipinski definition) is 2. The summed E-state index contributed by atoms with van der Waals surface area (Å²) in [4.78, 5) is 19.9. The Hall–Kier alpha value is -3.72. The molecule has 3 heterocycles. The molecule has 0 atom stereocenters. The number of rotatable bonds is 2. The van der Waals surface area contributed by atoms with Crippen LogP contribution < -0.4 is 0 Å². The maximum absolute atomic E-state index is 10.1. The van der Waals surface area contributed by atoms with Gasteiger partial charge in [0.15, 0.2) is 0 Å². The average Bonchev–Trinajstić information content (AvgIpc) is 3.03. The molecule has 0 aliphatic carbocycles. The van der Waals surface area contributed by atoms with Crippen molar-refractivity contribution in [1.29, 1.82) is 0 Å². The number of aromatic nitrogens is 4. The van der Waals surface area contributed by atoms with Crippen LogP contribution in [-0.4, -0.2) is 25.0 Å². The summed E-state index contributed by atoms with van der Waals surface area (Å²) in [6.45, 7) is 13.4. The van der Waals surface area contributed by atoms with E-state index in [0.29, 0.717) is 22.9 Å². The first-order valence-electron chi connectivity index (χ1n) is 8.47. The quantitative estimate of drug-likeness (QED) is 0.503. The van der Waals surface area contributed by atoms with E-state index in [1.807, 2.05) is 32.9 Å². The molecule has 0 amide bonds. The monoisotopic (exact) mass is 355 g/mol. The van der Waals surface area contributed by atoms with Gasteiger partial charge >= 0.3 is 0 Å². The number of H-pyrrole nitrogens is 1. The molecule has 132 valence electrons. The lowest BCUT2D eigenvalue weighted by atomic mass is 9.95. The molecule has 0 aliphatic rings. The maximum atomic E-state index is 10.1. The molecule has 0 bridgehead atoms. The number of aryl methyl sites for hydroxylation is 2. The normalized spacial score (nSPS) is 10.9. The molecular weight excluding hydrogens is 338 g/mol. The van der Waals surface area contributed by atoms with Crippen molar-refractivity contribution in [3.8, 4) is 28.1 Å². The van der Waals surface area contributed by atoms with Crippen molar-refractivity contribution in [2.24, 2.45) is 0 Å². The highest BCUT2D eigenvalue weighted by Gasteiger charge is 2.17. The van der Waals surface area contributed by atoms with Crippen LogP contribution in [0.25, 0.3) is 38.3 Å². The number of phenols is 1. The van der Waals surface area contributed by atoms with Gasteiger partial charge in [0.25, 0.3) is 0 Å². The minimum atomic E-state index is 0.243. The Kier molecular flexibility index (Phi) is 3.85. The third-order valence-corrected chi connectivity index (χ3v) is 4.74. The number of benzene rings is 1. The molecule has 6 nitrogen and oxygen atoms in total. The smallest absolute Gasteiger partial charge is 0.221 e. The topological polar surface area (TPSA) is 79.0 Å². The lowest BCUT2D eigenvalue weighted by Crippen LogP contribution is -1.90. The molecule has 0 spiro atoms. The van der Waals surface area contributed by atoms with Crippen molar-refractivity contribution in [2.75, 3.05) is 0 Å². The van der Waals surface area contributed by atoms with Crippen LogP contribution in [0.5, 0.6) is 5.75 Å². The van der Waals surface area contributed by atoms with Gasteiger partial charge in [-0.3, -0.25) is 0 Å². The maximum Gasteiger partial charge on any atom is 0.221 e. The number of pyridine rings is 1. The molecule has 0 radical (unpaired) electrons. The van der Waals surface area contributed by atoms with E-state index < -0.39 is 0 Å². The third-order valence-electron chi connectivity index (χ3n) is 4.74. The molecule has 0 unspecified atom stereocenters. The molecule has 2 N–H and O–H groups in total. The molecule has 4 rings (SSSR count). The third kappa shape index (κ3) is 2.70. The minimum absolute atomic E-state index is 0.243. The predicted octanol–water partition coefficient (Wildman–Crippen LogP) is 4.87. The fraction of sp³-hybridized carbons (Fsp3) is 0.143. The van der Waals surface area contributed by atoms with Crippen LogP contribution in [0.2, 0.25) is 0 Å². The number of hydrogen-bond acceptors (Lipinski definition) is 4. The molecule has 1 aromatic carbocycles. The SMILES string of the molecule is [C-]#[N+]c1c(-c2cnc(C)nc2)[nH]c2ncc(-c3c(C)ccc(O)c3C)cc12. The van der Waals surface area contributed by atoms with Crippen molar-refractivity contribution in [3.05, 3.63) is 65.2 Å². The second-order valence-corrected chi connectivity index (χ2v) is 6.50. The molecule has 0 fully saturated rings. The number of aromatic amines is 1. The van der Waals surface area contributed by atoms with Gasteiger partial charge in [-0.2, -0.15) is 0 Å². The van der Waals surface area contributed by atoms with Crippen molar-refractivity contribution >= 4 is 16.7 Å². The lowest BCUT2D eigenvalue weighted by Gasteiger charge is -2.11. The summed E-state index contributed by atoms with van der Waals surface area (Å²) >= 11 is 0. The van der Waals surface area contributed by atoms with E-state index in [2.05, 4.69) is 24.8 Å². The Morgan fingerprint density at radius 2 is 1.70 bits per heavy atom. The van der Waals surface area contributed by atoms with E-state index in [4.69, 9.17) is 6.57 Å². The number of aromatic hydroxyl groups is 1. The first-order chi connectivity index (χ1) is 13.0. The summed E-state index contributed by atoms with van der Waals surface area (Å²) in [7, 11) is 0. The predicted molar refractivity (Wildman–Crippen MR) is 105 cm³/mol. The minimum Gasteiger partial charge on any atom is -0.508 e.